The lowest BCUT2D eigenvalue weighted by molar-refractivity contribution is 0.408. The van der Waals surface area contributed by atoms with Crippen LogP contribution < -0.4 is 4.74 Å². The van der Waals surface area contributed by atoms with E-state index in [9.17, 15) is 4.39 Å². The Bertz CT molecular complexity index is 785. The molecule has 108 valence electrons. The summed E-state index contributed by atoms with van der Waals surface area (Å²) in [5.74, 6) is 1.49. The van der Waals surface area contributed by atoms with Gasteiger partial charge in [0.25, 0.3) is 0 Å². The zero-order valence-electron chi connectivity index (χ0n) is 11.5. The molecule has 1 heterocycles. The highest BCUT2D eigenvalue weighted by Crippen LogP contribution is 2.24. The molecule has 5 heteroatoms. The van der Waals surface area contributed by atoms with Crippen molar-refractivity contribution in [3.8, 4) is 5.75 Å². The van der Waals surface area contributed by atoms with Gasteiger partial charge in [-0.15, -0.1) is 11.6 Å². The molecule has 21 heavy (non-hydrogen) atoms. The van der Waals surface area contributed by atoms with Crippen LogP contribution >= 0.6 is 11.6 Å². The van der Waals surface area contributed by atoms with Gasteiger partial charge in [0.15, 0.2) is 0 Å². The molecule has 3 rings (SSSR count). The van der Waals surface area contributed by atoms with Crippen molar-refractivity contribution in [3.63, 3.8) is 0 Å². The number of para-hydroxylation sites is 1. The number of hydrogen-bond acceptors (Lipinski definition) is 2. The van der Waals surface area contributed by atoms with Crippen molar-refractivity contribution in [3.05, 3.63) is 59.7 Å². The SMILES string of the molecule is COc1ccccc1Cn1c(CCl)nc2cc(F)ccc21. The first-order valence-electron chi connectivity index (χ1n) is 6.55. The highest BCUT2D eigenvalue weighted by Gasteiger charge is 2.12. The fourth-order valence-corrected chi connectivity index (χ4v) is 2.64. The Kier molecular flexibility index (Phi) is 3.80. The van der Waals surface area contributed by atoms with Crippen molar-refractivity contribution in [2.75, 3.05) is 7.11 Å². The number of imidazole rings is 1. The van der Waals surface area contributed by atoms with Gasteiger partial charge in [-0.25, -0.2) is 9.37 Å². The molecule has 2 aromatic carbocycles. The Hall–Kier alpha value is -2.07. The van der Waals surface area contributed by atoms with Gasteiger partial charge >= 0.3 is 0 Å². The number of aromatic nitrogens is 2. The fourth-order valence-electron chi connectivity index (χ4n) is 2.44. The standard InChI is InChI=1S/C16H14ClFN2O/c1-21-15-5-3-2-4-11(15)10-20-14-7-6-12(18)8-13(14)19-16(20)9-17/h2-8H,9-10H2,1H3. The predicted molar refractivity (Wildman–Crippen MR) is 81.3 cm³/mol. The Balaban J connectivity index is 2.11. The van der Waals surface area contributed by atoms with Crippen LogP contribution in [0.25, 0.3) is 11.0 Å². The summed E-state index contributed by atoms with van der Waals surface area (Å²) >= 11 is 5.97. The molecule has 0 fully saturated rings. The molecule has 0 amide bonds. The third-order valence-electron chi connectivity index (χ3n) is 3.43. The molecule has 0 aliphatic heterocycles. The second-order valence-electron chi connectivity index (χ2n) is 4.69. The van der Waals surface area contributed by atoms with Crippen LogP contribution in [-0.4, -0.2) is 16.7 Å². The van der Waals surface area contributed by atoms with E-state index in [1.54, 1.807) is 13.2 Å². The lowest BCUT2D eigenvalue weighted by Gasteiger charge is -2.11. The lowest BCUT2D eigenvalue weighted by atomic mass is 10.2. The van der Waals surface area contributed by atoms with Crippen LogP contribution in [0.2, 0.25) is 0 Å². The van der Waals surface area contributed by atoms with E-state index in [-0.39, 0.29) is 11.7 Å². The molecular weight excluding hydrogens is 291 g/mol. The minimum Gasteiger partial charge on any atom is -0.496 e. The molecule has 0 radical (unpaired) electrons. The van der Waals surface area contributed by atoms with Gasteiger partial charge in [-0.3, -0.25) is 0 Å². The number of nitrogens with zero attached hydrogens (tertiary/aromatic N) is 2. The van der Waals surface area contributed by atoms with Crippen LogP contribution in [0.1, 0.15) is 11.4 Å². The van der Waals surface area contributed by atoms with Gasteiger partial charge < -0.3 is 9.30 Å². The Morgan fingerprint density at radius 1 is 1.24 bits per heavy atom. The van der Waals surface area contributed by atoms with Crippen LogP contribution in [0.4, 0.5) is 4.39 Å². The molecule has 0 aliphatic carbocycles. The van der Waals surface area contributed by atoms with E-state index in [4.69, 9.17) is 16.3 Å². The van der Waals surface area contributed by atoms with Gasteiger partial charge in [0.2, 0.25) is 0 Å². The van der Waals surface area contributed by atoms with Gasteiger partial charge in [-0.2, -0.15) is 0 Å². The molecule has 0 bridgehead atoms. The number of benzene rings is 2. The van der Waals surface area contributed by atoms with Crippen molar-refractivity contribution in [1.82, 2.24) is 9.55 Å². The molecule has 3 aromatic rings. The third-order valence-corrected chi connectivity index (χ3v) is 3.67. The number of methoxy groups -OCH3 is 1. The van der Waals surface area contributed by atoms with Gasteiger partial charge in [0.1, 0.15) is 17.4 Å². The highest BCUT2D eigenvalue weighted by molar-refractivity contribution is 6.16. The van der Waals surface area contributed by atoms with Crippen molar-refractivity contribution in [1.29, 1.82) is 0 Å². The maximum Gasteiger partial charge on any atom is 0.125 e. The van der Waals surface area contributed by atoms with E-state index in [2.05, 4.69) is 4.98 Å². The fraction of sp³-hybridized carbons (Fsp3) is 0.188. The summed E-state index contributed by atoms with van der Waals surface area (Å²) in [6.07, 6.45) is 0. The number of rotatable bonds is 4. The van der Waals surface area contributed by atoms with Gasteiger partial charge in [-0.05, 0) is 18.2 Å². The average Bonchev–Trinajstić information content (AvgIpc) is 2.84. The van der Waals surface area contributed by atoms with E-state index in [1.165, 1.54) is 12.1 Å². The number of fused-ring (bicyclic) bond motifs is 1. The Morgan fingerprint density at radius 2 is 2.05 bits per heavy atom. The van der Waals surface area contributed by atoms with Gasteiger partial charge in [0, 0.05) is 11.6 Å². The largest absolute Gasteiger partial charge is 0.496 e. The molecular formula is C16H14ClFN2O. The number of alkyl halides is 1. The molecule has 0 aliphatic rings. The second kappa shape index (κ2) is 5.74. The summed E-state index contributed by atoms with van der Waals surface area (Å²) in [5, 5.41) is 0. The van der Waals surface area contributed by atoms with Crippen LogP contribution in [0.15, 0.2) is 42.5 Å². The second-order valence-corrected chi connectivity index (χ2v) is 4.96. The minimum atomic E-state index is -0.300. The molecule has 0 saturated carbocycles. The quantitative estimate of drug-likeness (QED) is 0.682. The molecule has 0 N–H and O–H groups in total. The van der Waals surface area contributed by atoms with E-state index in [0.717, 1.165) is 16.8 Å². The summed E-state index contributed by atoms with van der Waals surface area (Å²) in [5.41, 5.74) is 2.49. The molecule has 0 spiro atoms. The van der Waals surface area contributed by atoms with Gasteiger partial charge in [0.05, 0.1) is 30.6 Å². The zero-order chi connectivity index (χ0) is 14.8. The van der Waals surface area contributed by atoms with Crippen LogP contribution in [0.5, 0.6) is 5.75 Å². The third kappa shape index (κ3) is 2.59. The number of halogens is 2. The van der Waals surface area contributed by atoms with E-state index in [1.807, 2.05) is 28.8 Å². The Morgan fingerprint density at radius 3 is 2.81 bits per heavy atom. The number of ether oxygens (including phenoxy) is 1. The summed E-state index contributed by atoms with van der Waals surface area (Å²) in [7, 11) is 1.64. The van der Waals surface area contributed by atoms with Gasteiger partial charge in [-0.1, -0.05) is 18.2 Å². The topological polar surface area (TPSA) is 27.1 Å². The van der Waals surface area contributed by atoms with E-state index < -0.39 is 0 Å². The molecule has 3 nitrogen and oxygen atoms in total. The van der Waals surface area contributed by atoms with Crippen molar-refractivity contribution < 1.29 is 9.13 Å². The van der Waals surface area contributed by atoms with E-state index in [0.29, 0.717) is 17.9 Å². The predicted octanol–water partition coefficient (Wildman–Crippen LogP) is 3.97. The first-order valence-corrected chi connectivity index (χ1v) is 7.09. The summed E-state index contributed by atoms with van der Waals surface area (Å²) < 4.78 is 20.7. The summed E-state index contributed by atoms with van der Waals surface area (Å²) in [6, 6.07) is 12.4. The van der Waals surface area contributed by atoms with Crippen molar-refractivity contribution >= 4 is 22.6 Å². The Labute approximate surface area is 126 Å². The highest BCUT2D eigenvalue weighted by atomic mass is 35.5. The first-order chi connectivity index (χ1) is 10.2. The maximum absolute atomic E-state index is 13.3. The van der Waals surface area contributed by atoms with Crippen molar-refractivity contribution in [2.24, 2.45) is 0 Å². The van der Waals surface area contributed by atoms with Crippen LogP contribution in [-0.2, 0) is 12.4 Å². The number of hydrogen-bond donors (Lipinski definition) is 0. The molecule has 1 aromatic heterocycles. The monoisotopic (exact) mass is 304 g/mol. The minimum absolute atomic E-state index is 0.269. The lowest BCUT2D eigenvalue weighted by Crippen LogP contribution is -2.05. The van der Waals surface area contributed by atoms with E-state index >= 15 is 0 Å². The summed E-state index contributed by atoms with van der Waals surface area (Å²) in [4.78, 5) is 4.39. The first kappa shape index (κ1) is 13.9. The summed E-state index contributed by atoms with van der Waals surface area (Å²) in [6.45, 7) is 0.578. The maximum atomic E-state index is 13.3. The average molecular weight is 305 g/mol. The van der Waals surface area contributed by atoms with Crippen LogP contribution in [0.3, 0.4) is 0 Å². The molecule has 0 saturated heterocycles. The molecule has 0 atom stereocenters. The molecule has 0 unspecified atom stereocenters. The van der Waals surface area contributed by atoms with Crippen LogP contribution in [0, 0.1) is 5.82 Å². The normalized spacial score (nSPS) is 11.0. The van der Waals surface area contributed by atoms with Crippen molar-refractivity contribution in [2.45, 2.75) is 12.4 Å². The smallest absolute Gasteiger partial charge is 0.125 e. The zero-order valence-corrected chi connectivity index (χ0v) is 12.3.